The quantitative estimate of drug-likeness (QED) is 0.538. The number of H-pyrrole nitrogens is 1. The zero-order chi connectivity index (χ0) is 19.7. The highest BCUT2D eigenvalue weighted by molar-refractivity contribution is 6.30. The van der Waals surface area contributed by atoms with Crippen LogP contribution in [0.2, 0.25) is 5.02 Å². The Morgan fingerprint density at radius 3 is 2.75 bits per heavy atom. The Labute approximate surface area is 167 Å². The van der Waals surface area contributed by atoms with Crippen LogP contribution in [0.4, 0.5) is 0 Å². The third kappa shape index (κ3) is 3.64. The second-order valence-electron chi connectivity index (χ2n) is 6.74. The molecule has 2 N–H and O–H groups in total. The van der Waals surface area contributed by atoms with Crippen LogP contribution in [-0.4, -0.2) is 32.2 Å². The number of rotatable bonds is 5. The van der Waals surface area contributed by atoms with E-state index < -0.39 is 0 Å². The number of nitrogens with zero attached hydrogens (tertiary/aromatic N) is 3. The first-order valence-corrected chi connectivity index (χ1v) is 9.43. The molecule has 0 saturated carbocycles. The zero-order valence-corrected chi connectivity index (χ0v) is 16.4. The predicted octanol–water partition coefficient (Wildman–Crippen LogP) is 3.99. The Hall–Kier alpha value is -3.12. The lowest BCUT2D eigenvalue weighted by molar-refractivity contribution is 0.0944. The lowest BCUT2D eigenvalue weighted by atomic mass is 10.1. The molecular weight excluding hydrogens is 374 g/mol. The summed E-state index contributed by atoms with van der Waals surface area (Å²) in [5, 5.41) is 9.06. The fourth-order valence-electron chi connectivity index (χ4n) is 3.21. The number of benzene rings is 2. The van der Waals surface area contributed by atoms with Crippen molar-refractivity contribution in [3.8, 4) is 5.69 Å². The Bertz CT molecular complexity index is 1140. The summed E-state index contributed by atoms with van der Waals surface area (Å²) in [4.78, 5) is 20.0. The predicted molar refractivity (Wildman–Crippen MR) is 110 cm³/mol. The number of hydrogen-bond donors (Lipinski definition) is 2. The van der Waals surface area contributed by atoms with Crippen molar-refractivity contribution >= 4 is 28.4 Å². The van der Waals surface area contributed by atoms with Crippen LogP contribution in [-0.2, 0) is 6.42 Å². The van der Waals surface area contributed by atoms with E-state index in [9.17, 15) is 4.79 Å². The number of carbonyl (C=O) groups excluding carboxylic acids is 1. The van der Waals surface area contributed by atoms with Gasteiger partial charge in [-0.05, 0) is 61.7 Å². The number of nitrogens with one attached hydrogen (secondary N) is 2. The third-order valence-corrected chi connectivity index (χ3v) is 4.90. The van der Waals surface area contributed by atoms with Crippen molar-refractivity contribution in [2.75, 3.05) is 6.54 Å². The number of fused-ring (bicyclic) bond motifs is 1. The molecule has 0 spiro atoms. The molecule has 0 aliphatic carbocycles. The van der Waals surface area contributed by atoms with Crippen molar-refractivity contribution in [3.63, 3.8) is 0 Å². The maximum absolute atomic E-state index is 12.5. The van der Waals surface area contributed by atoms with E-state index in [1.165, 1.54) is 16.5 Å². The Morgan fingerprint density at radius 1 is 1.18 bits per heavy atom. The van der Waals surface area contributed by atoms with E-state index in [4.69, 9.17) is 11.6 Å². The molecule has 28 heavy (non-hydrogen) atoms. The van der Waals surface area contributed by atoms with Gasteiger partial charge < -0.3 is 10.3 Å². The largest absolute Gasteiger partial charge is 0.361 e. The van der Waals surface area contributed by atoms with E-state index in [0.717, 1.165) is 17.6 Å². The zero-order valence-electron chi connectivity index (χ0n) is 15.7. The maximum Gasteiger partial charge on any atom is 0.290 e. The molecule has 0 atom stereocenters. The van der Waals surface area contributed by atoms with Gasteiger partial charge in [-0.1, -0.05) is 23.7 Å². The molecule has 1 amide bonds. The van der Waals surface area contributed by atoms with Crippen LogP contribution in [0.5, 0.6) is 0 Å². The van der Waals surface area contributed by atoms with Crippen LogP contribution in [0.25, 0.3) is 16.6 Å². The van der Waals surface area contributed by atoms with Gasteiger partial charge in [-0.25, -0.2) is 9.67 Å². The van der Waals surface area contributed by atoms with Gasteiger partial charge in [0.1, 0.15) is 5.82 Å². The van der Waals surface area contributed by atoms with Gasteiger partial charge in [0.15, 0.2) is 0 Å². The topological polar surface area (TPSA) is 75.6 Å². The molecule has 2 aromatic carbocycles. The average molecular weight is 394 g/mol. The van der Waals surface area contributed by atoms with Gasteiger partial charge in [-0.2, -0.15) is 0 Å². The highest BCUT2D eigenvalue weighted by Gasteiger charge is 2.15. The summed E-state index contributed by atoms with van der Waals surface area (Å²) in [5.74, 6) is 0.507. The molecule has 6 nitrogen and oxygen atoms in total. The molecule has 0 fully saturated rings. The summed E-state index contributed by atoms with van der Waals surface area (Å²) in [5.41, 5.74) is 4.31. The molecule has 4 aromatic rings. The fraction of sp³-hybridized carbons (Fsp3) is 0.190. The molecule has 4 rings (SSSR count). The van der Waals surface area contributed by atoms with Gasteiger partial charge >= 0.3 is 0 Å². The summed E-state index contributed by atoms with van der Waals surface area (Å²) >= 11 is 5.93. The highest BCUT2D eigenvalue weighted by Crippen LogP contribution is 2.19. The van der Waals surface area contributed by atoms with Crippen molar-refractivity contribution in [2.45, 2.75) is 20.3 Å². The van der Waals surface area contributed by atoms with Gasteiger partial charge in [0.25, 0.3) is 5.91 Å². The number of aryl methyl sites for hydroxylation is 2. The lowest BCUT2D eigenvalue weighted by Gasteiger charge is -2.03. The molecular formula is C21H20ClN5O. The standard InChI is InChI=1S/C21H20ClN5O/c1-13-3-8-18-15(12-24-19(18)11-13)9-10-23-21(28)20-25-14(2)27(26-20)17-6-4-16(22)5-7-17/h3-8,11-12,24H,9-10H2,1-2H3,(H,23,28). The van der Waals surface area contributed by atoms with Gasteiger partial charge in [0.05, 0.1) is 5.69 Å². The maximum atomic E-state index is 12.5. The second kappa shape index (κ2) is 7.48. The Kier molecular flexibility index (Phi) is 4.88. The first-order valence-electron chi connectivity index (χ1n) is 9.05. The van der Waals surface area contributed by atoms with Crippen molar-refractivity contribution < 1.29 is 4.79 Å². The van der Waals surface area contributed by atoms with Crippen LogP contribution in [0.15, 0.2) is 48.7 Å². The molecule has 0 bridgehead atoms. The summed E-state index contributed by atoms with van der Waals surface area (Å²) < 4.78 is 1.63. The molecule has 0 unspecified atom stereocenters. The third-order valence-electron chi connectivity index (χ3n) is 4.65. The van der Waals surface area contributed by atoms with Crippen LogP contribution in [0, 0.1) is 13.8 Å². The smallest absolute Gasteiger partial charge is 0.290 e. The van der Waals surface area contributed by atoms with Crippen molar-refractivity contribution in [1.82, 2.24) is 25.1 Å². The number of hydrogen-bond acceptors (Lipinski definition) is 3. The minimum Gasteiger partial charge on any atom is -0.361 e. The average Bonchev–Trinajstić information content (AvgIpc) is 3.26. The van der Waals surface area contributed by atoms with E-state index in [1.807, 2.05) is 25.3 Å². The number of aromatic nitrogens is 4. The van der Waals surface area contributed by atoms with Crippen molar-refractivity contribution in [3.05, 3.63) is 76.5 Å². The van der Waals surface area contributed by atoms with Crippen LogP contribution < -0.4 is 5.32 Å². The summed E-state index contributed by atoms with van der Waals surface area (Å²) in [6.07, 6.45) is 2.72. The normalized spacial score (nSPS) is 11.1. The molecule has 0 saturated heterocycles. The lowest BCUT2D eigenvalue weighted by Crippen LogP contribution is -2.26. The first-order chi connectivity index (χ1) is 13.5. The molecule has 0 aliphatic heterocycles. The fourth-order valence-corrected chi connectivity index (χ4v) is 3.34. The molecule has 7 heteroatoms. The van der Waals surface area contributed by atoms with Gasteiger partial charge in [-0.15, -0.1) is 5.10 Å². The van der Waals surface area contributed by atoms with Crippen LogP contribution >= 0.6 is 11.6 Å². The molecule has 0 aliphatic rings. The number of aromatic amines is 1. The second-order valence-corrected chi connectivity index (χ2v) is 7.18. The summed E-state index contributed by atoms with van der Waals surface area (Å²) in [6, 6.07) is 13.6. The number of amides is 1. The van der Waals surface area contributed by atoms with E-state index in [1.54, 1.807) is 16.8 Å². The monoisotopic (exact) mass is 393 g/mol. The van der Waals surface area contributed by atoms with Crippen LogP contribution in [0.3, 0.4) is 0 Å². The highest BCUT2D eigenvalue weighted by atomic mass is 35.5. The molecule has 0 radical (unpaired) electrons. The van der Waals surface area contributed by atoms with E-state index in [2.05, 4.69) is 45.5 Å². The van der Waals surface area contributed by atoms with Gasteiger partial charge in [-0.3, -0.25) is 4.79 Å². The molecule has 142 valence electrons. The number of halogens is 1. The van der Waals surface area contributed by atoms with Crippen molar-refractivity contribution in [1.29, 1.82) is 0 Å². The van der Waals surface area contributed by atoms with Gasteiger partial charge in [0.2, 0.25) is 5.82 Å². The minimum absolute atomic E-state index is 0.155. The van der Waals surface area contributed by atoms with E-state index in [-0.39, 0.29) is 11.7 Å². The number of carbonyl (C=O) groups is 1. The van der Waals surface area contributed by atoms with E-state index in [0.29, 0.717) is 17.4 Å². The van der Waals surface area contributed by atoms with E-state index >= 15 is 0 Å². The minimum atomic E-state index is -0.286. The van der Waals surface area contributed by atoms with Gasteiger partial charge in [0, 0.05) is 28.7 Å². The SMILES string of the molecule is Cc1ccc2c(CCNC(=O)c3nc(C)n(-c4ccc(Cl)cc4)n3)c[nH]c2c1. The Balaban J connectivity index is 1.42. The first kappa shape index (κ1) is 18.3. The molecule has 2 aromatic heterocycles. The Morgan fingerprint density at radius 2 is 1.96 bits per heavy atom. The summed E-state index contributed by atoms with van der Waals surface area (Å²) in [7, 11) is 0. The summed E-state index contributed by atoms with van der Waals surface area (Å²) in [6.45, 7) is 4.39. The van der Waals surface area contributed by atoms with Crippen molar-refractivity contribution in [2.24, 2.45) is 0 Å². The van der Waals surface area contributed by atoms with Crippen LogP contribution in [0.1, 0.15) is 27.6 Å². The molecule has 2 heterocycles.